The second-order valence-corrected chi connectivity index (χ2v) is 13.7. The highest BCUT2D eigenvalue weighted by atomic mass is 35.5. The van der Waals surface area contributed by atoms with E-state index in [9.17, 15) is 31.2 Å². The zero-order chi connectivity index (χ0) is 32.9. The molecule has 12 heteroatoms. The molecule has 0 heterocycles. The molecule has 1 atom stereocenters. The van der Waals surface area contributed by atoms with Crippen LogP contribution in [0.2, 0.25) is 5.02 Å². The molecule has 1 saturated carbocycles. The van der Waals surface area contributed by atoms with Crippen molar-refractivity contribution in [3.8, 4) is 0 Å². The topological polar surface area (TPSA) is 86.8 Å². The third-order valence-corrected chi connectivity index (χ3v) is 10.1. The number of rotatable bonds is 11. The van der Waals surface area contributed by atoms with Crippen molar-refractivity contribution >= 4 is 39.1 Å². The Kier molecular flexibility index (Phi) is 10.9. The minimum Gasteiger partial charge on any atom is -0.352 e. The van der Waals surface area contributed by atoms with Gasteiger partial charge in [-0.15, -0.1) is 0 Å². The summed E-state index contributed by atoms with van der Waals surface area (Å²) in [6.07, 6.45) is -1.01. The average molecular weight is 664 g/mol. The Morgan fingerprint density at radius 2 is 1.64 bits per heavy atom. The van der Waals surface area contributed by atoms with Gasteiger partial charge in [-0.05, 0) is 69.0 Å². The van der Waals surface area contributed by atoms with Crippen molar-refractivity contribution < 1.29 is 31.2 Å². The molecule has 45 heavy (non-hydrogen) atoms. The summed E-state index contributed by atoms with van der Waals surface area (Å²) in [6, 6.07) is 14.9. The lowest BCUT2D eigenvalue weighted by molar-refractivity contribution is -0.140. The predicted octanol–water partition coefficient (Wildman–Crippen LogP) is 7.04. The largest absolute Gasteiger partial charge is 0.417 e. The van der Waals surface area contributed by atoms with Crippen LogP contribution in [0.5, 0.6) is 0 Å². The number of benzene rings is 3. The van der Waals surface area contributed by atoms with Crippen LogP contribution < -0.4 is 9.62 Å². The van der Waals surface area contributed by atoms with Gasteiger partial charge in [0, 0.05) is 12.6 Å². The zero-order valence-electron chi connectivity index (χ0n) is 25.4. The minimum atomic E-state index is -4.88. The fourth-order valence-corrected chi connectivity index (χ4v) is 7.18. The predicted molar refractivity (Wildman–Crippen MR) is 168 cm³/mol. The molecule has 1 N–H and O–H groups in total. The van der Waals surface area contributed by atoms with Crippen molar-refractivity contribution in [3.05, 3.63) is 94.0 Å². The lowest BCUT2D eigenvalue weighted by Crippen LogP contribution is -2.53. The molecule has 3 aromatic carbocycles. The molecule has 0 saturated heterocycles. The monoisotopic (exact) mass is 663 g/mol. The molecule has 242 valence electrons. The number of alkyl halides is 3. The van der Waals surface area contributed by atoms with E-state index in [0.29, 0.717) is 15.9 Å². The summed E-state index contributed by atoms with van der Waals surface area (Å²) in [6.45, 7) is 4.54. The minimum absolute atomic E-state index is 0.00998. The number of hydrogen-bond acceptors (Lipinski definition) is 4. The number of carbonyl (C=O) groups is 2. The Bertz CT molecular complexity index is 1620. The molecule has 7 nitrogen and oxygen atoms in total. The first-order chi connectivity index (χ1) is 21.2. The number of aryl methyl sites for hydroxylation is 2. The first-order valence-electron chi connectivity index (χ1n) is 14.8. The molecule has 0 aliphatic heterocycles. The molecular weight excluding hydrogens is 627 g/mol. The molecule has 0 spiro atoms. The van der Waals surface area contributed by atoms with Gasteiger partial charge in [0.25, 0.3) is 10.0 Å². The number of sulfonamides is 1. The van der Waals surface area contributed by atoms with Crippen LogP contribution in [0.15, 0.2) is 71.6 Å². The van der Waals surface area contributed by atoms with Crippen molar-refractivity contribution in [3.63, 3.8) is 0 Å². The van der Waals surface area contributed by atoms with Gasteiger partial charge in [0.15, 0.2) is 0 Å². The molecule has 0 bridgehead atoms. The lowest BCUT2D eigenvalue weighted by Gasteiger charge is -2.34. The van der Waals surface area contributed by atoms with Gasteiger partial charge in [0.2, 0.25) is 11.8 Å². The number of hydrogen-bond donors (Lipinski definition) is 1. The third-order valence-electron chi connectivity index (χ3n) is 7.95. The first kappa shape index (κ1) is 34.3. The number of anilines is 1. The smallest absolute Gasteiger partial charge is 0.352 e. The fourth-order valence-electron chi connectivity index (χ4n) is 5.55. The molecule has 3 aromatic rings. The molecule has 2 amide bonds. The summed E-state index contributed by atoms with van der Waals surface area (Å²) in [5.74, 6) is -1.10. The maximum absolute atomic E-state index is 14.2. The summed E-state index contributed by atoms with van der Waals surface area (Å²) < 4.78 is 70.3. The Labute approximate surface area is 267 Å². The van der Waals surface area contributed by atoms with E-state index in [0.717, 1.165) is 48.9 Å². The van der Waals surface area contributed by atoms with E-state index < -0.39 is 45.3 Å². The highest BCUT2D eigenvalue weighted by Crippen LogP contribution is 2.38. The Morgan fingerprint density at radius 3 is 2.24 bits per heavy atom. The van der Waals surface area contributed by atoms with Gasteiger partial charge >= 0.3 is 6.18 Å². The van der Waals surface area contributed by atoms with E-state index in [1.807, 2.05) is 25.1 Å². The number of carbonyl (C=O) groups excluding carboxylic acids is 2. The van der Waals surface area contributed by atoms with Crippen LogP contribution in [-0.4, -0.2) is 43.8 Å². The van der Waals surface area contributed by atoms with Crippen LogP contribution in [0.25, 0.3) is 0 Å². The second kappa shape index (κ2) is 14.2. The number of amides is 2. The van der Waals surface area contributed by atoms with Gasteiger partial charge in [-0.1, -0.05) is 78.9 Å². The second-order valence-electron chi connectivity index (χ2n) is 11.4. The molecule has 1 aliphatic carbocycles. The van der Waals surface area contributed by atoms with Crippen molar-refractivity contribution in [2.45, 2.75) is 82.6 Å². The fraction of sp³-hybridized carbons (Fsp3) is 0.394. The van der Waals surface area contributed by atoms with Crippen LogP contribution in [-0.2, 0) is 32.3 Å². The van der Waals surface area contributed by atoms with Gasteiger partial charge in [-0.25, -0.2) is 8.42 Å². The van der Waals surface area contributed by atoms with Gasteiger partial charge in [0.1, 0.15) is 12.6 Å². The van der Waals surface area contributed by atoms with E-state index >= 15 is 0 Å². The van der Waals surface area contributed by atoms with Gasteiger partial charge in [-0.3, -0.25) is 13.9 Å². The maximum Gasteiger partial charge on any atom is 0.417 e. The Morgan fingerprint density at radius 1 is 0.978 bits per heavy atom. The highest BCUT2D eigenvalue weighted by molar-refractivity contribution is 7.92. The Balaban J connectivity index is 1.78. The number of nitrogens with zero attached hydrogens (tertiary/aromatic N) is 2. The standard InChI is InChI=1S/C33H37ClF3N3O4S/c1-4-30(32(42)38-25-10-5-6-11-25)39(20-24-9-7-8-23(3)18-24)31(41)21-40(45(43,44)27-15-12-22(2)13-16-27)26-14-17-29(34)28(19-26)33(35,36)37/h7-9,12-19,25,30H,4-6,10-11,20-21H2,1-3H3,(H,38,42)/t30-/m0/s1. The molecule has 0 unspecified atom stereocenters. The van der Waals surface area contributed by atoms with Crippen LogP contribution in [0.4, 0.5) is 18.9 Å². The molecule has 0 aromatic heterocycles. The molecule has 4 rings (SSSR count). The van der Waals surface area contributed by atoms with E-state index in [4.69, 9.17) is 11.6 Å². The summed E-state index contributed by atoms with van der Waals surface area (Å²) >= 11 is 5.85. The van der Waals surface area contributed by atoms with Gasteiger partial charge < -0.3 is 10.2 Å². The van der Waals surface area contributed by atoms with Crippen molar-refractivity contribution in [2.75, 3.05) is 10.8 Å². The molecule has 1 fully saturated rings. The van der Waals surface area contributed by atoms with Crippen LogP contribution in [0.1, 0.15) is 61.3 Å². The van der Waals surface area contributed by atoms with E-state index in [1.165, 1.54) is 17.0 Å². The van der Waals surface area contributed by atoms with Crippen molar-refractivity contribution in [1.82, 2.24) is 10.2 Å². The van der Waals surface area contributed by atoms with E-state index in [1.54, 1.807) is 32.0 Å². The summed E-state index contributed by atoms with van der Waals surface area (Å²) in [7, 11) is -4.55. The SMILES string of the molecule is CC[C@@H](C(=O)NC1CCCC1)N(Cc1cccc(C)c1)C(=O)CN(c1ccc(Cl)c(C(F)(F)F)c1)S(=O)(=O)c1ccc(C)cc1. The average Bonchev–Trinajstić information content (AvgIpc) is 3.48. The maximum atomic E-state index is 14.2. The van der Waals surface area contributed by atoms with Crippen LogP contribution in [0, 0.1) is 13.8 Å². The van der Waals surface area contributed by atoms with Crippen LogP contribution in [0.3, 0.4) is 0 Å². The van der Waals surface area contributed by atoms with Crippen LogP contribution >= 0.6 is 11.6 Å². The Hall–Kier alpha value is -3.57. The van der Waals surface area contributed by atoms with Crippen molar-refractivity contribution in [2.24, 2.45) is 0 Å². The van der Waals surface area contributed by atoms with Gasteiger partial charge in [0.05, 0.1) is 21.2 Å². The molecule has 0 radical (unpaired) electrons. The normalized spacial score (nSPS) is 14.6. The van der Waals surface area contributed by atoms with E-state index in [2.05, 4.69) is 5.32 Å². The molecular formula is C33H37ClF3N3O4S. The molecule has 1 aliphatic rings. The van der Waals surface area contributed by atoms with Gasteiger partial charge in [-0.2, -0.15) is 13.2 Å². The highest BCUT2D eigenvalue weighted by Gasteiger charge is 2.37. The van der Waals surface area contributed by atoms with Crippen molar-refractivity contribution in [1.29, 1.82) is 0 Å². The summed E-state index contributed by atoms with van der Waals surface area (Å²) in [5.41, 5.74) is 0.782. The number of halogens is 4. The first-order valence-corrected chi connectivity index (χ1v) is 16.6. The lowest BCUT2D eigenvalue weighted by atomic mass is 10.1. The third kappa shape index (κ3) is 8.38. The quantitative estimate of drug-likeness (QED) is 0.239. The summed E-state index contributed by atoms with van der Waals surface area (Å²) in [5, 5.41) is 2.42. The van der Waals surface area contributed by atoms with E-state index in [-0.39, 0.29) is 35.5 Å². The summed E-state index contributed by atoms with van der Waals surface area (Å²) in [4.78, 5) is 28.9. The number of nitrogens with one attached hydrogen (secondary N) is 1. The zero-order valence-corrected chi connectivity index (χ0v) is 27.0.